The molecule has 0 spiro atoms. The van der Waals surface area contributed by atoms with E-state index in [1.54, 1.807) is 0 Å². The molecule has 0 aliphatic heterocycles. The number of hydrogen-bond donors (Lipinski definition) is 3. The molecular weight excluding hydrogens is 971 g/mol. The molecule has 0 bridgehead atoms. The average molecular weight is 1110 g/mol. The molecule has 2 unspecified atom stereocenters. The Morgan fingerprint density at radius 2 is 0.595 bits per heavy atom. The number of esters is 1. The maximum Gasteiger partial charge on any atom is 0.305 e. The van der Waals surface area contributed by atoms with E-state index in [0.29, 0.717) is 25.9 Å². The second kappa shape index (κ2) is 69.1. The van der Waals surface area contributed by atoms with Crippen molar-refractivity contribution in [3.63, 3.8) is 0 Å². The van der Waals surface area contributed by atoms with E-state index >= 15 is 0 Å². The van der Waals surface area contributed by atoms with Gasteiger partial charge in [0.2, 0.25) is 5.91 Å². The average Bonchev–Trinajstić information content (AvgIpc) is 3.45. The summed E-state index contributed by atoms with van der Waals surface area (Å²) >= 11 is 0. The predicted octanol–water partition coefficient (Wildman–Crippen LogP) is 23.5. The summed E-state index contributed by atoms with van der Waals surface area (Å²) in [5.74, 6) is -0.0207. The molecule has 0 fully saturated rings. The van der Waals surface area contributed by atoms with Crippen LogP contribution in [0.15, 0.2) is 12.2 Å². The zero-order valence-corrected chi connectivity index (χ0v) is 53.9. The lowest BCUT2D eigenvalue weighted by Crippen LogP contribution is -2.45. The van der Waals surface area contributed by atoms with E-state index in [-0.39, 0.29) is 18.5 Å². The highest BCUT2D eigenvalue weighted by molar-refractivity contribution is 5.76. The Balaban J connectivity index is 3.37. The molecule has 0 aromatic heterocycles. The summed E-state index contributed by atoms with van der Waals surface area (Å²) in [6.45, 7) is 4.99. The fourth-order valence-electron chi connectivity index (χ4n) is 11.8. The van der Waals surface area contributed by atoms with Crippen molar-refractivity contribution < 1.29 is 24.5 Å². The van der Waals surface area contributed by atoms with E-state index in [1.807, 2.05) is 0 Å². The molecule has 0 aromatic carbocycles. The van der Waals surface area contributed by atoms with Crippen LogP contribution in [0.1, 0.15) is 418 Å². The van der Waals surface area contributed by atoms with E-state index in [0.717, 1.165) is 44.9 Å². The lowest BCUT2D eigenvalue weighted by molar-refractivity contribution is -0.143. The smallest absolute Gasteiger partial charge is 0.305 e. The van der Waals surface area contributed by atoms with Gasteiger partial charge in [0.25, 0.3) is 0 Å². The van der Waals surface area contributed by atoms with Crippen LogP contribution in [0.3, 0.4) is 0 Å². The van der Waals surface area contributed by atoms with E-state index in [9.17, 15) is 19.8 Å². The maximum atomic E-state index is 12.6. The molecular formula is C73H143NO5. The number of nitrogens with one attached hydrogen (secondary N) is 1. The molecule has 6 heteroatoms. The monoisotopic (exact) mass is 1110 g/mol. The van der Waals surface area contributed by atoms with Crippen LogP contribution in [0.2, 0.25) is 0 Å². The number of ether oxygens (including phenoxy) is 1. The first-order chi connectivity index (χ1) is 39.0. The number of aliphatic hydroxyl groups is 2. The van der Waals surface area contributed by atoms with Gasteiger partial charge in [-0.25, -0.2) is 0 Å². The summed E-state index contributed by atoms with van der Waals surface area (Å²) in [6, 6.07) is -0.542. The molecule has 0 aliphatic rings. The molecule has 0 radical (unpaired) electrons. The summed E-state index contributed by atoms with van der Waals surface area (Å²) in [5, 5.41) is 23.4. The predicted molar refractivity (Wildman–Crippen MR) is 347 cm³/mol. The van der Waals surface area contributed by atoms with Gasteiger partial charge in [-0.2, -0.15) is 0 Å². The van der Waals surface area contributed by atoms with Gasteiger partial charge in [-0.15, -0.1) is 0 Å². The van der Waals surface area contributed by atoms with Crippen molar-refractivity contribution in [1.29, 1.82) is 0 Å². The highest BCUT2D eigenvalue weighted by Crippen LogP contribution is 2.19. The van der Waals surface area contributed by atoms with Crippen LogP contribution in [0.25, 0.3) is 0 Å². The molecule has 1 amide bonds. The minimum Gasteiger partial charge on any atom is -0.466 e. The summed E-state index contributed by atoms with van der Waals surface area (Å²) in [6.07, 6.45) is 85.5. The molecule has 0 heterocycles. The van der Waals surface area contributed by atoms with E-state index in [4.69, 9.17) is 4.74 Å². The minimum atomic E-state index is -0.665. The largest absolute Gasteiger partial charge is 0.466 e. The molecule has 79 heavy (non-hydrogen) atoms. The van der Waals surface area contributed by atoms with Gasteiger partial charge >= 0.3 is 5.97 Å². The third-order valence-corrected chi connectivity index (χ3v) is 17.3. The van der Waals surface area contributed by atoms with Crippen LogP contribution in [0.5, 0.6) is 0 Å². The number of carbonyl (C=O) groups excluding carboxylic acids is 2. The van der Waals surface area contributed by atoms with Gasteiger partial charge < -0.3 is 20.3 Å². The van der Waals surface area contributed by atoms with Crippen LogP contribution < -0.4 is 5.32 Å². The number of carbonyl (C=O) groups is 2. The van der Waals surface area contributed by atoms with Crippen molar-refractivity contribution in [2.75, 3.05) is 13.2 Å². The number of unbranched alkanes of at least 4 members (excludes halogenated alkanes) is 56. The SMILES string of the molecule is CCCCCCCCC/C=C\CCCCCCCC(=O)OCCCCCCCCCCCCCCCCCCCCCCCCCC(=O)NC(CO)C(O)CCCCCCCCCCCCCCCCCCCCCCCCC. The molecule has 3 N–H and O–H groups in total. The van der Waals surface area contributed by atoms with Crippen molar-refractivity contribution in [3.05, 3.63) is 12.2 Å². The summed E-state index contributed by atoms with van der Waals surface area (Å²) < 4.78 is 5.50. The first-order valence-electron chi connectivity index (χ1n) is 36.4. The number of hydrogen-bond acceptors (Lipinski definition) is 5. The highest BCUT2D eigenvalue weighted by Gasteiger charge is 2.20. The van der Waals surface area contributed by atoms with Gasteiger partial charge in [0, 0.05) is 12.8 Å². The molecule has 470 valence electrons. The Morgan fingerprint density at radius 1 is 0.342 bits per heavy atom. The first-order valence-corrected chi connectivity index (χ1v) is 36.4. The van der Waals surface area contributed by atoms with E-state index in [1.165, 1.54) is 340 Å². The molecule has 0 aliphatic carbocycles. The lowest BCUT2D eigenvalue weighted by Gasteiger charge is -2.22. The van der Waals surface area contributed by atoms with Gasteiger partial charge in [0.1, 0.15) is 0 Å². The minimum absolute atomic E-state index is 0.00842. The third-order valence-electron chi connectivity index (χ3n) is 17.3. The number of allylic oxidation sites excluding steroid dienone is 2. The number of aliphatic hydroxyl groups excluding tert-OH is 2. The third kappa shape index (κ3) is 65.6. The Labute approximate surface area is 495 Å². The van der Waals surface area contributed by atoms with Crippen LogP contribution in [-0.2, 0) is 14.3 Å². The Kier molecular flexibility index (Phi) is 67.9. The normalized spacial score (nSPS) is 12.5. The first kappa shape index (κ1) is 77.6. The van der Waals surface area contributed by atoms with Crippen LogP contribution in [-0.4, -0.2) is 47.4 Å². The van der Waals surface area contributed by atoms with Crippen molar-refractivity contribution in [2.45, 2.75) is 431 Å². The van der Waals surface area contributed by atoms with Gasteiger partial charge in [0.05, 0.1) is 25.4 Å². The number of rotatable bonds is 69. The summed E-state index contributed by atoms with van der Waals surface area (Å²) in [7, 11) is 0. The molecule has 6 nitrogen and oxygen atoms in total. The Hall–Kier alpha value is -1.40. The lowest BCUT2D eigenvalue weighted by atomic mass is 10.0. The van der Waals surface area contributed by atoms with Gasteiger partial charge in [-0.1, -0.05) is 366 Å². The zero-order chi connectivity index (χ0) is 57.1. The second-order valence-electron chi connectivity index (χ2n) is 25.3. The van der Waals surface area contributed by atoms with E-state index < -0.39 is 12.1 Å². The van der Waals surface area contributed by atoms with E-state index in [2.05, 4.69) is 31.3 Å². The highest BCUT2D eigenvalue weighted by atomic mass is 16.5. The second-order valence-corrected chi connectivity index (χ2v) is 25.3. The summed E-state index contributed by atoms with van der Waals surface area (Å²) in [4.78, 5) is 24.6. The maximum absolute atomic E-state index is 12.6. The number of amides is 1. The molecule has 0 aromatic rings. The van der Waals surface area contributed by atoms with Crippen LogP contribution >= 0.6 is 0 Å². The van der Waals surface area contributed by atoms with Crippen LogP contribution in [0.4, 0.5) is 0 Å². The fourth-order valence-corrected chi connectivity index (χ4v) is 11.8. The quantitative estimate of drug-likeness (QED) is 0.0320. The summed E-state index contributed by atoms with van der Waals surface area (Å²) in [5.41, 5.74) is 0. The van der Waals surface area contributed by atoms with Crippen molar-refractivity contribution >= 4 is 11.9 Å². The van der Waals surface area contributed by atoms with Crippen molar-refractivity contribution in [3.8, 4) is 0 Å². The molecule has 0 saturated carbocycles. The zero-order valence-electron chi connectivity index (χ0n) is 53.9. The van der Waals surface area contributed by atoms with Gasteiger partial charge in [0.15, 0.2) is 0 Å². The van der Waals surface area contributed by atoms with Gasteiger partial charge in [-0.05, 0) is 51.4 Å². The Morgan fingerprint density at radius 3 is 0.899 bits per heavy atom. The molecule has 0 saturated heterocycles. The topological polar surface area (TPSA) is 95.9 Å². The van der Waals surface area contributed by atoms with Crippen molar-refractivity contribution in [2.24, 2.45) is 0 Å². The standard InChI is InChI=1S/C73H143NO5/c1-3-5-7-9-11-13-15-17-19-21-22-23-25-28-31-34-37-41-45-49-53-57-61-65-71(76)70(69-75)74-72(77)66-62-58-54-50-46-42-38-35-32-29-26-24-27-30-33-36-40-44-48-52-56-60-64-68-79-73(78)67-63-59-55-51-47-43-39-20-18-16-14-12-10-8-6-4-2/h20,39,70-71,75-76H,3-19,21-38,40-69H2,1-2H3,(H,74,77)/b39-20-. The van der Waals surface area contributed by atoms with Crippen LogP contribution in [0, 0.1) is 0 Å². The Bertz CT molecular complexity index is 1190. The fraction of sp³-hybridized carbons (Fsp3) is 0.945. The van der Waals surface area contributed by atoms with Crippen molar-refractivity contribution in [1.82, 2.24) is 5.32 Å². The molecule has 2 atom stereocenters. The van der Waals surface area contributed by atoms with Gasteiger partial charge in [-0.3, -0.25) is 9.59 Å². The molecule has 0 rings (SSSR count).